The fraction of sp³-hybridized carbons (Fsp3) is 0.483. The summed E-state index contributed by atoms with van der Waals surface area (Å²) < 4.78 is 11.5. The minimum Gasteiger partial charge on any atom is -0.479 e. The van der Waals surface area contributed by atoms with E-state index in [2.05, 4.69) is 15.3 Å². The van der Waals surface area contributed by atoms with Gasteiger partial charge in [0.2, 0.25) is 17.7 Å². The fourth-order valence-electron chi connectivity index (χ4n) is 5.67. The highest BCUT2D eigenvalue weighted by Gasteiger charge is 2.61. The normalized spacial score (nSPS) is 29.0. The summed E-state index contributed by atoms with van der Waals surface area (Å²) in [7, 11) is 3.23. The van der Waals surface area contributed by atoms with Crippen molar-refractivity contribution in [3.63, 3.8) is 0 Å². The Balaban J connectivity index is 1.40. The first-order valence-corrected chi connectivity index (χ1v) is 13.4. The molecule has 5 atom stereocenters. The number of hydrogen-bond donors (Lipinski definition) is 2. The van der Waals surface area contributed by atoms with Crippen LogP contribution in [0.3, 0.4) is 0 Å². The van der Waals surface area contributed by atoms with E-state index >= 15 is 0 Å². The Hall–Kier alpha value is -3.95. The molecule has 2 saturated carbocycles. The Kier molecular flexibility index (Phi) is 7.54. The van der Waals surface area contributed by atoms with Gasteiger partial charge in [-0.15, -0.1) is 0 Å². The maximum Gasteiger partial charge on any atom is 0.330 e. The Morgan fingerprint density at radius 1 is 1.13 bits per heavy atom. The molecule has 0 radical (unpaired) electrons. The van der Waals surface area contributed by atoms with Crippen molar-refractivity contribution in [1.29, 1.82) is 0 Å². The van der Waals surface area contributed by atoms with Crippen LogP contribution in [0.15, 0.2) is 48.6 Å². The Morgan fingerprint density at radius 3 is 2.64 bits per heavy atom. The fourth-order valence-corrected chi connectivity index (χ4v) is 5.67. The van der Waals surface area contributed by atoms with Crippen LogP contribution in [0.2, 0.25) is 0 Å². The third-order valence-electron chi connectivity index (χ3n) is 8.00. The van der Waals surface area contributed by atoms with Crippen molar-refractivity contribution >= 4 is 17.8 Å². The van der Waals surface area contributed by atoms with Gasteiger partial charge in [-0.05, 0) is 38.5 Å². The van der Waals surface area contributed by atoms with Gasteiger partial charge in [0.15, 0.2) is 0 Å². The predicted molar refractivity (Wildman–Crippen MR) is 142 cm³/mol. The van der Waals surface area contributed by atoms with E-state index in [1.54, 1.807) is 18.0 Å². The lowest BCUT2D eigenvalue weighted by molar-refractivity contribution is -0.145. The summed E-state index contributed by atoms with van der Waals surface area (Å²) in [5, 5.41) is 12.7. The van der Waals surface area contributed by atoms with Gasteiger partial charge in [0.25, 0.3) is 0 Å². The van der Waals surface area contributed by atoms with E-state index < -0.39 is 35.4 Å². The number of hydrogen-bond acceptors (Lipinski definition) is 7. The number of allylic oxidation sites excluding steroid dienone is 1. The van der Waals surface area contributed by atoms with Crippen molar-refractivity contribution in [2.45, 2.75) is 50.2 Å². The molecule has 3 aliphatic rings. The van der Waals surface area contributed by atoms with Gasteiger partial charge in [0.05, 0.1) is 24.6 Å². The van der Waals surface area contributed by atoms with Crippen molar-refractivity contribution in [2.75, 3.05) is 20.7 Å². The minimum absolute atomic E-state index is 0.129. The first-order chi connectivity index (χ1) is 18.8. The molecule has 0 spiro atoms. The maximum atomic E-state index is 13.5. The second-order valence-corrected chi connectivity index (χ2v) is 10.6. The van der Waals surface area contributed by atoms with Crippen molar-refractivity contribution in [1.82, 2.24) is 20.2 Å². The number of carbonyl (C=O) groups excluding carboxylic acids is 2. The number of methoxy groups -OCH3 is 1. The first-order valence-electron chi connectivity index (χ1n) is 13.4. The maximum absolute atomic E-state index is 13.5. The zero-order valence-corrected chi connectivity index (χ0v) is 22.2. The molecule has 206 valence electrons. The number of carboxylic acid groups (broad SMARTS) is 1. The molecule has 2 aromatic rings. The summed E-state index contributed by atoms with van der Waals surface area (Å²) in [5.41, 5.74) is 0.172. The SMILES string of the molecule is COc1nc(O[C@@H]2C[C@H]3C(=O)N[C@]4(C(=O)O)C[C@H]4C=CCCCCN(C)C(=O)[C@@H]3C2)cc(-c2ccccc2)n1. The van der Waals surface area contributed by atoms with E-state index in [0.717, 1.165) is 24.8 Å². The molecule has 2 heterocycles. The van der Waals surface area contributed by atoms with Gasteiger partial charge in [-0.3, -0.25) is 9.59 Å². The number of nitrogens with one attached hydrogen (secondary N) is 1. The number of aliphatic carboxylic acids is 1. The van der Waals surface area contributed by atoms with Gasteiger partial charge in [-0.1, -0.05) is 42.5 Å². The predicted octanol–water partition coefficient (Wildman–Crippen LogP) is 3.08. The average Bonchev–Trinajstić information content (AvgIpc) is 3.48. The molecule has 0 bridgehead atoms. The summed E-state index contributed by atoms with van der Waals surface area (Å²) >= 11 is 0. The lowest BCUT2D eigenvalue weighted by Crippen LogP contribution is -2.49. The van der Waals surface area contributed by atoms with Crippen molar-refractivity contribution in [3.05, 3.63) is 48.6 Å². The Morgan fingerprint density at radius 2 is 1.90 bits per heavy atom. The highest BCUT2D eigenvalue weighted by Crippen LogP contribution is 2.46. The number of carboxylic acids is 1. The minimum atomic E-state index is -1.32. The zero-order chi connectivity index (χ0) is 27.6. The lowest BCUT2D eigenvalue weighted by Gasteiger charge is -2.26. The van der Waals surface area contributed by atoms with Crippen LogP contribution in [-0.4, -0.2) is 70.1 Å². The zero-order valence-electron chi connectivity index (χ0n) is 22.2. The topological polar surface area (TPSA) is 131 Å². The molecular formula is C29H34N4O6. The largest absolute Gasteiger partial charge is 0.479 e. The van der Waals surface area contributed by atoms with Crippen LogP contribution < -0.4 is 14.8 Å². The number of ether oxygens (including phenoxy) is 2. The highest BCUT2D eigenvalue weighted by atomic mass is 16.5. The van der Waals surface area contributed by atoms with Crippen LogP contribution in [-0.2, 0) is 14.4 Å². The van der Waals surface area contributed by atoms with E-state index in [4.69, 9.17) is 9.47 Å². The van der Waals surface area contributed by atoms with Crippen LogP contribution in [0.4, 0.5) is 0 Å². The molecule has 1 aliphatic heterocycles. The molecular weight excluding hydrogens is 500 g/mol. The highest BCUT2D eigenvalue weighted by molar-refractivity contribution is 5.94. The first kappa shape index (κ1) is 26.6. The van der Waals surface area contributed by atoms with Gasteiger partial charge in [0, 0.05) is 31.1 Å². The number of rotatable bonds is 5. The Bertz CT molecular complexity index is 1270. The van der Waals surface area contributed by atoms with Gasteiger partial charge < -0.3 is 24.8 Å². The summed E-state index contributed by atoms with van der Waals surface area (Å²) in [5.74, 6) is -2.91. The number of carbonyl (C=O) groups is 3. The van der Waals surface area contributed by atoms with Gasteiger partial charge >= 0.3 is 12.0 Å². The molecule has 2 amide bonds. The molecule has 2 N–H and O–H groups in total. The van der Waals surface area contributed by atoms with Gasteiger partial charge in [-0.2, -0.15) is 9.97 Å². The molecule has 1 aromatic carbocycles. The molecule has 10 heteroatoms. The molecule has 2 aliphatic carbocycles. The molecule has 5 rings (SSSR count). The summed E-state index contributed by atoms with van der Waals surface area (Å²) in [4.78, 5) is 49.6. The number of fused-ring (bicyclic) bond motifs is 2. The van der Waals surface area contributed by atoms with Gasteiger partial charge in [-0.25, -0.2) is 4.79 Å². The quantitative estimate of drug-likeness (QED) is 0.560. The van der Waals surface area contributed by atoms with Crippen molar-refractivity contribution < 1.29 is 29.0 Å². The van der Waals surface area contributed by atoms with Crippen molar-refractivity contribution in [2.24, 2.45) is 17.8 Å². The van der Waals surface area contributed by atoms with E-state index in [-0.39, 0.29) is 30.1 Å². The summed E-state index contributed by atoms with van der Waals surface area (Å²) in [6.07, 6.45) is 6.86. The van der Waals surface area contributed by atoms with E-state index in [0.29, 0.717) is 25.1 Å². The summed E-state index contributed by atoms with van der Waals surface area (Å²) in [6.45, 7) is 0.592. The van der Waals surface area contributed by atoms with Crippen LogP contribution in [0.5, 0.6) is 11.9 Å². The Labute approximate surface area is 227 Å². The van der Waals surface area contributed by atoms with Crippen LogP contribution in [0, 0.1) is 17.8 Å². The third-order valence-corrected chi connectivity index (χ3v) is 8.00. The molecule has 10 nitrogen and oxygen atoms in total. The van der Waals surface area contributed by atoms with Gasteiger partial charge in [0.1, 0.15) is 11.6 Å². The number of amides is 2. The van der Waals surface area contributed by atoms with Crippen molar-refractivity contribution in [3.8, 4) is 23.1 Å². The molecule has 2 fully saturated rings. The number of aromatic nitrogens is 2. The average molecular weight is 535 g/mol. The van der Waals surface area contributed by atoms with E-state index in [9.17, 15) is 19.5 Å². The van der Waals surface area contributed by atoms with Crippen LogP contribution in [0.25, 0.3) is 11.3 Å². The second-order valence-electron chi connectivity index (χ2n) is 10.6. The summed E-state index contributed by atoms with van der Waals surface area (Å²) in [6, 6.07) is 11.4. The van der Waals surface area contributed by atoms with E-state index in [1.165, 1.54) is 7.11 Å². The molecule has 39 heavy (non-hydrogen) atoms. The monoisotopic (exact) mass is 534 g/mol. The third kappa shape index (κ3) is 5.60. The molecule has 0 unspecified atom stereocenters. The number of nitrogens with zero attached hydrogens (tertiary/aromatic N) is 3. The smallest absolute Gasteiger partial charge is 0.330 e. The standard InChI is InChI=1S/C29H34N4O6/c1-33-13-9-4-3-8-12-19-17-29(19,27(36)37)32-25(34)21-14-20(15-22(21)26(33)35)39-24-16-23(30-28(31-24)38-2)18-10-6-5-7-11-18/h5-8,10-12,16,19-22H,3-4,9,13-15,17H2,1-2H3,(H,32,34)(H,36,37)/t19-,20-,21-,22-,29-/m1/s1. The number of benzene rings is 1. The second kappa shape index (κ2) is 11.0. The van der Waals surface area contributed by atoms with Crippen LogP contribution >= 0.6 is 0 Å². The van der Waals surface area contributed by atoms with Crippen LogP contribution in [0.1, 0.15) is 38.5 Å². The van der Waals surface area contributed by atoms with E-state index in [1.807, 2.05) is 42.5 Å². The lowest BCUT2D eigenvalue weighted by atomic mass is 9.93. The molecule has 1 aromatic heterocycles. The molecule has 0 saturated heterocycles.